The molecular formula is C21H19FN6O2. The molecule has 1 N–H and O–H groups in total. The summed E-state index contributed by atoms with van der Waals surface area (Å²) >= 11 is 0. The normalized spacial score (nSPS) is 13.9. The molecule has 8 nitrogen and oxygen atoms in total. The summed E-state index contributed by atoms with van der Waals surface area (Å²) in [5.41, 5.74) is 4.08. The van der Waals surface area contributed by atoms with Gasteiger partial charge in [-0.15, -0.1) is 5.10 Å². The van der Waals surface area contributed by atoms with Gasteiger partial charge in [0.1, 0.15) is 5.52 Å². The fourth-order valence-corrected chi connectivity index (χ4v) is 3.32. The number of methoxy groups -OCH3 is 1. The number of ether oxygens (including phenoxy) is 2. The van der Waals surface area contributed by atoms with Crippen LogP contribution in [0.15, 0.2) is 48.7 Å². The lowest BCUT2D eigenvalue weighted by Crippen LogP contribution is -2.40. The Bertz CT molecular complexity index is 1210. The highest BCUT2D eigenvalue weighted by Crippen LogP contribution is 2.24. The van der Waals surface area contributed by atoms with Gasteiger partial charge in [0.15, 0.2) is 11.6 Å². The first-order valence-corrected chi connectivity index (χ1v) is 9.53. The molecule has 0 radical (unpaired) electrons. The van der Waals surface area contributed by atoms with Gasteiger partial charge in [0, 0.05) is 11.8 Å². The summed E-state index contributed by atoms with van der Waals surface area (Å²) in [6, 6.07) is 12.8. The van der Waals surface area contributed by atoms with Gasteiger partial charge in [-0.25, -0.2) is 19.0 Å². The number of nitrogens with zero attached hydrogens (tertiary/aromatic N) is 5. The number of hydrogen-bond acceptors (Lipinski definition) is 7. The Labute approximate surface area is 171 Å². The van der Waals surface area contributed by atoms with Crippen LogP contribution in [-0.4, -0.2) is 51.3 Å². The van der Waals surface area contributed by atoms with Crippen molar-refractivity contribution in [3.05, 3.63) is 60.0 Å². The minimum absolute atomic E-state index is 0.218. The Morgan fingerprint density at radius 2 is 2.10 bits per heavy atom. The SMILES string of the molecule is COc1ccc(Cn2nnc3cc(-c4ccnc(NC5COC5)n4)ccc32)cc1F. The molecule has 1 aliphatic rings. The van der Waals surface area contributed by atoms with E-state index in [-0.39, 0.29) is 11.8 Å². The largest absolute Gasteiger partial charge is 0.494 e. The maximum absolute atomic E-state index is 14.0. The summed E-state index contributed by atoms with van der Waals surface area (Å²) in [5.74, 6) is 0.393. The van der Waals surface area contributed by atoms with Crippen molar-refractivity contribution in [3.8, 4) is 17.0 Å². The van der Waals surface area contributed by atoms with E-state index in [0.29, 0.717) is 25.7 Å². The Balaban J connectivity index is 1.40. The number of nitrogens with one attached hydrogen (secondary N) is 1. The zero-order chi connectivity index (χ0) is 20.5. The number of aromatic nitrogens is 5. The molecule has 0 bridgehead atoms. The smallest absolute Gasteiger partial charge is 0.223 e. The molecule has 2 aromatic carbocycles. The summed E-state index contributed by atoms with van der Waals surface area (Å²) in [6.07, 6.45) is 1.73. The van der Waals surface area contributed by atoms with Crippen LogP contribution in [0.4, 0.5) is 10.3 Å². The van der Waals surface area contributed by atoms with Crippen molar-refractivity contribution in [2.45, 2.75) is 12.6 Å². The fourth-order valence-electron chi connectivity index (χ4n) is 3.32. The quantitative estimate of drug-likeness (QED) is 0.527. The number of halogens is 1. The van der Waals surface area contributed by atoms with E-state index in [0.717, 1.165) is 27.9 Å². The molecule has 152 valence electrons. The molecule has 1 fully saturated rings. The summed E-state index contributed by atoms with van der Waals surface area (Å²) in [7, 11) is 1.44. The zero-order valence-electron chi connectivity index (χ0n) is 16.2. The van der Waals surface area contributed by atoms with Crippen LogP contribution in [0.2, 0.25) is 0 Å². The zero-order valence-corrected chi connectivity index (χ0v) is 16.2. The van der Waals surface area contributed by atoms with Crippen molar-refractivity contribution in [2.75, 3.05) is 25.6 Å². The molecule has 1 saturated heterocycles. The van der Waals surface area contributed by atoms with Crippen molar-refractivity contribution >= 4 is 17.0 Å². The van der Waals surface area contributed by atoms with E-state index in [1.807, 2.05) is 30.3 Å². The van der Waals surface area contributed by atoms with E-state index in [1.165, 1.54) is 13.2 Å². The lowest BCUT2D eigenvalue weighted by Gasteiger charge is -2.26. The lowest BCUT2D eigenvalue weighted by atomic mass is 10.1. The molecule has 0 aliphatic carbocycles. The van der Waals surface area contributed by atoms with Gasteiger partial charge in [-0.05, 0) is 35.9 Å². The fraction of sp³-hybridized carbons (Fsp3) is 0.238. The minimum atomic E-state index is -0.400. The van der Waals surface area contributed by atoms with E-state index in [9.17, 15) is 4.39 Å². The molecule has 0 saturated carbocycles. The van der Waals surface area contributed by atoms with Crippen LogP contribution in [0.25, 0.3) is 22.3 Å². The second-order valence-electron chi connectivity index (χ2n) is 7.06. The van der Waals surface area contributed by atoms with Crippen LogP contribution in [0.5, 0.6) is 5.75 Å². The molecule has 30 heavy (non-hydrogen) atoms. The summed E-state index contributed by atoms with van der Waals surface area (Å²) in [5, 5.41) is 11.7. The first-order valence-electron chi connectivity index (χ1n) is 9.53. The van der Waals surface area contributed by atoms with Crippen molar-refractivity contribution in [1.29, 1.82) is 0 Å². The standard InChI is InChI=1S/C21H19FN6O2/c1-29-20-5-2-13(8-16(20)22)10-28-19-4-3-14(9-18(19)26-27-28)17-6-7-23-21(25-17)24-15-11-30-12-15/h2-9,15H,10-12H2,1H3,(H,23,24,25). The number of rotatable bonds is 6. The van der Waals surface area contributed by atoms with E-state index in [4.69, 9.17) is 9.47 Å². The van der Waals surface area contributed by atoms with Crippen molar-refractivity contribution in [3.63, 3.8) is 0 Å². The first-order chi connectivity index (χ1) is 14.7. The molecular weight excluding hydrogens is 387 g/mol. The van der Waals surface area contributed by atoms with E-state index < -0.39 is 5.82 Å². The first kappa shape index (κ1) is 18.4. The Kier molecular flexibility index (Phi) is 4.72. The van der Waals surface area contributed by atoms with Gasteiger partial charge in [-0.2, -0.15) is 0 Å². The molecule has 5 rings (SSSR count). The van der Waals surface area contributed by atoms with Crippen LogP contribution < -0.4 is 10.1 Å². The number of anilines is 1. The van der Waals surface area contributed by atoms with Crippen LogP contribution in [-0.2, 0) is 11.3 Å². The number of hydrogen-bond donors (Lipinski definition) is 1. The van der Waals surface area contributed by atoms with Gasteiger partial charge in [0.05, 0.1) is 44.1 Å². The molecule has 4 aromatic rings. The predicted molar refractivity (Wildman–Crippen MR) is 109 cm³/mol. The summed E-state index contributed by atoms with van der Waals surface area (Å²) in [6.45, 7) is 1.74. The van der Waals surface area contributed by atoms with Gasteiger partial charge < -0.3 is 14.8 Å². The number of fused-ring (bicyclic) bond motifs is 1. The molecule has 3 heterocycles. The Morgan fingerprint density at radius 1 is 1.20 bits per heavy atom. The molecule has 0 atom stereocenters. The highest BCUT2D eigenvalue weighted by molar-refractivity contribution is 5.80. The van der Waals surface area contributed by atoms with E-state index in [2.05, 4.69) is 25.6 Å². The van der Waals surface area contributed by atoms with Gasteiger partial charge in [-0.1, -0.05) is 17.3 Å². The average molecular weight is 406 g/mol. The third-order valence-corrected chi connectivity index (χ3v) is 4.99. The van der Waals surface area contributed by atoms with Crippen LogP contribution in [0.1, 0.15) is 5.56 Å². The molecule has 0 amide bonds. The highest BCUT2D eigenvalue weighted by atomic mass is 19.1. The second-order valence-corrected chi connectivity index (χ2v) is 7.06. The van der Waals surface area contributed by atoms with Crippen molar-refractivity contribution in [1.82, 2.24) is 25.0 Å². The van der Waals surface area contributed by atoms with Gasteiger partial charge in [0.2, 0.25) is 5.95 Å². The molecule has 1 aliphatic heterocycles. The maximum Gasteiger partial charge on any atom is 0.223 e. The average Bonchev–Trinajstić information content (AvgIpc) is 3.13. The maximum atomic E-state index is 14.0. The van der Waals surface area contributed by atoms with Gasteiger partial charge in [-0.3, -0.25) is 0 Å². The third-order valence-electron chi connectivity index (χ3n) is 4.99. The van der Waals surface area contributed by atoms with Crippen molar-refractivity contribution in [2.24, 2.45) is 0 Å². The summed E-state index contributed by atoms with van der Waals surface area (Å²) < 4.78 is 25.9. The topological polar surface area (TPSA) is 87.0 Å². The third kappa shape index (κ3) is 3.55. The molecule has 0 unspecified atom stereocenters. The summed E-state index contributed by atoms with van der Waals surface area (Å²) in [4.78, 5) is 8.86. The van der Waals surface area contributed by atoms with Gasteiger partial charge in [0.25, 0.3) is 0 Å². The van der Waals surface area contributed by atoms with E-state index in [1.54, 1.807) is 16.9 Å². The highest BCUT2D eigenvalue weighted by Gasteiger charge is 2.19. The van der Waals surface area contributed by atoms with Crippen molar-refractivity contribution < 1.29 is 13.9 Å². The van der Waals surface area contributed by atoms with E-state index >= 15 is 0 Å². The van der Waals surface area contributed by atoms with Gasteiger partial charge >= 0.3 is 0 Å². The molecule has 0 spiro atoms. The molecule has 9 heteroatoms. The van der Waals surface area contributed by atoms with Crippen LogP contribution in [0.3, 0.4) is 0 Å². The minimum Gasteiger partial charge on any atom is -0.494 e. The number of benzene rings is 2. The Morgan fingerprint density at radius 3 is 2.87 bits per heavy atom. The Hall–Kier alpha value is -3.59. The monoisotopic (exact) mass is 406 g/mol. The van der Waals surface area contributed by atoms with Crippen LogP contribution in [0, 0.1) is 5.82 Å². The van der Waals surface area contributed by atoms with Crippen LogP contribution >= 0.6 is 0 Å². The predicted octanol–water partition coefficient (Wildman–Crippen LogP) is 2.90. The second kappa shape index (κ2) is 7.68. The molecule has 2 aromatic heterocycles. The lowest BCUT2D eigenvalue weighted by molar-refractivity contribution is 0.0208.